The van der Waals surface area contributed by atoms with Gasteiger partial charge in [-0.05, 0) is 48.6 Å². The van der Waals surface area contributed by atoms with Crippen LogP contribution < -0.4 is 10.2 Å². The van der Waals surface area contributed by atoms with Crippen molar-refractivity contribution in [2.24, 2.45) is 0 Å². The van der Waals surface area contributed by atoms with Crippen LogP contribution in [0.3, 0.4) is 0 Å². The predicted octanol–water partition coefficient (Wildman–Crippen LogP) is 4.40. The van der Waals surface area contributed by atoms with Crippen LogP contribution in [0.2, 0.25) is 5.02 Å². The first-order chi connectivity index (χ1) is 15.9. The van der Waals surface area contributed by atoms with Gasteiger partial charge in [-0.25, -0.2) is 0 Å². The number of rotatable bonds is 8. The largest absolute Gasteiger partial charge is 0.357 e. The lowest BCUT2D eigenvalue weighted by atomic mass is 10.1. The Morgan fingerprint density at radius 1 is 1.09 bits per heavy atom. The van der Waals surface area contributed by atoms with Gasteiger partial charge in [-0.1, -0.05) is 48.0 Å². The molecule has 0 aliphatic carbocycles. The second kappa shape index (κ2) is 9.63. The summed E-state index contributed by atoms with van der Waals surface area (Å²) >= 11 is 6.10. The zero-order valence-corrected chi connectivity index (χ0v) is 19.4. The summed E-state index contributed by atoms with van der Waals surface area (Å²) in [5, 5.41) is 5.19. The van der Waals surface area contributed by atoms with Gasteiger partial charge in [0.15, 0.2) is 0 Å². The highest BCUT2D eigenvalue weighted by Crippen LogP contribution is 2.37. The summed E-state index contributed by atoms with van der Waals surface area (Å²) in [5.74, 6) is -0.417. The Morgan fingerprint density at radius 2 is 1.82 bits per heavy atom. The van der Waals surface area contributed by atoms with Crippen LogP contribution in [0, 0.1) is 0 Å². The molecule has 0 spiro atoms. The minimum absolute atomic E-state index is 0.0382. The number of amides is 3. The maximum atomic E-state index is 13.2. The molecule has 0 aromatic heterocycles. The molecule has 6 nitrogen and oxygen atoms in total. The lowest BCUT2D eigenvalue weighted by Crippen LogP contribution is -2.46. The Hall–Kier alpha value is -3.38. The Balaban J connectivity index is 1.46. The molecule has 3 amide bonds. The number of benzene rings is 3. The summed E-state index contributed by atoms with van der Waals surface area (Å²) in [6.07, 6.45) is 0.708. The standard InChI is InChI=1S/C26H26ClN3O3/c1-17(25(32)28-2)30(16-18-7-3-10-20(27)15-18)23(31)13-6-14-29-22-12-5-9-19-8-4-11-21(24(19)22)26(29)33/h3-5,7-12,15,17H,6,13-14,16H2,1-2H3,(H,28,32)/t17-/m0/s1. The van der Waals surface area contributed by atoms with Crippen molar-refractivity contribution in [3.63, 3.8) is 0 Å². The third-order valence-corrected chi connectivity index (χ3v) is 6.31. The van der Waals surface area contributed by atoms with E-state index in [1.54, 1.807) is 35.9 Å². The Kier molecular flexibility index (Phi) is 6.65. The highest BCUT2D eigenvalue weighted by Gasteiger charge is 2.30. The molecule has 0 saturated carbocycles. The number of carbonyl (C=O) groups excluding carboxylic acids is 3. The second-order valence-corrected chi connectivity index (χ2v) is 8.62. The zero-order chi connectivity index (χ0) is 23.5. The Morgan fingerprint density at radius 3 is 2.55 bits per heavy atom. The number of hydrogen-bond donors (Lipinski definition) is 1. The molecule has 3 aromatic rings. The van der Waals surface area contributed by atoms with Gasteiger partial charge in [0.2, 0.25) is 11.8 Å². The third-order valence-electron chi connectivity index (χ3n) is 6.08. The SMILES string of the molecule is CNC(=O)[C@H](C)N(Cc1cccc(Cl)c1)C(=O)CCCN1C(=O)c2cccc3cccc1c23. The van der Waals surface area contributed by atoms with E-state index in [-0.39, 0.29) is 30.7 Å². The van der Waals surface area contributed by atoms with Crippen LogP contribution >= 0.6 is 11.6 Å². The van der Waals surface area contributed by atoms with Gasteiger partial charge in [0.1, 0.15) is 6.04 Å². The van der Waals surface area contributed by atoms with Crippen LogP contribution in [0.15, 0.2) is 60.7 Å². The first kappa shape index (κ1) is 22.8. The normalized spacial score (nSPS) is 13.3. The molecule has 0 bridgehead atoms. The van der Waals surface area contributed by atoms with Crippen LogP contribution in [0.5, 0.6) is 0 Å². The zero-order valence-electron chi connectivity index (χ0n) is 18.7. The van der Waals surface area contributed by atoms with Gasteiger partial charge in [-0.15, -0.1) is 0 Å². The minimum Gasteiger partial charge on any atom is -0.357 e. The summed E-state index contributed by atoms with van der Waals surface area (Å²) in [7, 11) is 1.55. The van der Waals surface area contributed by atoms with Gasteiger partial charge in [0.25, 0.3) is 5.91 Å². The molecule has 1 N–H and O–H groups in total. The van der Waals surface area contributed by atoms with E-state index in [4.69, 9.17) is 11.6 Å². The lowest BCUT2D eigenvalue weighted by Gasteiger charge is -2.29. The molecule has 1 aliphatic heterocycles. The van der Waals surface area contributed by atoms with Crippen LogP contribution in [-0.2, 0) is 16.1 Å². The molecular weight excluding hydrogens is 438 g/mol. The van der Waals surface area contributed by atoms with Crippen molar-refractivity contribution in [1.29, 1.82) is 0 Å². The summed E-state index contributed by atoms with van der Waals surface area (Å²) in [6, 6.07) is 18.2. The van der Waals surface area contributed by atoms with E-state index < -0.39 is 6.04 Å². The molecular formula is C26H26ClN3O3. The number of nitrogens with zero attached hydrogens (tertiary/aromatic N) is 2. The van der Waals surface area contributed by atoms with E-state index in [0.717, 1.165) is 22.0 Å². The summed E-state index contributed by atoms with van der Waals surface area (Å²) in [5.41, 5.74) is 2.43. The fourth-order valence-corrected chi connectivity index (χ4v) is 4.57. The Labute approximate surface area is 198 Å². The van der Waals surface area contributed by atoms with E-state index >= 15 is 0 Å². The van der Waals surface area contributed by atoms with E-state index in [2.05, 4.69) is 5.32 Å². The van der Waals surface area contributed by atoms with Gasteiger partial charge < -0.3 is 15.1 Å². The minimum atomic E-state index is -0.632. The molecule has 0 saturated heterocycles. The molecule has 0 radical (unpaired) electrons. The Bertz CT molecular complexity index is 1220. The molecule has 7 heteroatoms. The molecule has 1 atom stereocenters. The first-order valence-electron chi connectivity index (χ1n) is 11.0. The fourth-order valence-electron chi connectivity index (χ4n) is 4.36. The van der Waals surface area contributed by atoms with E-state index in [9.17, 15) is 14.4 Å². The number of halogens is 1. The van der Waals surface area contributed by atoms with Crippen molar-refractivity contribution in [3.8, 4) is 0 Å². The molecule has 3 aromatic carbocycles. The van der Waals surface area contributed by atoms with Crippen LogP contribution in [-0.4, -0.2) is 42.3 Å². The lowest BCUT2D eigenvalue weighted by molar-refractivity contribution is -0.140. The van der Waals surface area contributed by atoms with Gasteiger partial charge in [0, 0.05) is 42.5 Å². The van der Waals surface area contributed by atoms with Crippen molar-refractivity contribution >= 4 is 45.8 Å². The maximum Gasteiger partial charge on any atom is 0.258 e. The van der Waals surface area contributed by atoms with Gasteiger partial charge in [0.05, 0.1) is 5.69 Å². The van der Waals surface area contributed by atoms with Crippen molar-refractivity contribution in [2.75, 3.05) is 18.5 Å². The number of nitrogens with one attached hydrogen (secondary N) is 1. The van der Waals surface area contributed by atoms with Crippen molar-refractivity contribution < 1.29 is 14.4 Å². The highest BCUT2D eigenvalue weighted by molar-refractivity contribution is 6.30. The first-order valence-corrected chi connectivity index (χ1v) is 11.4. The second-order valence-electron chi connectivity index (χ2n) is 8.18. The monoisotopic (exact) mass is 463 g/mol. The molecule has 170 valence electrons. The molecule has 33 heavy (non-hydrogen) atoms. The van der Waals surface area contributed by atoms with E-state index in [1.807, 2.05) is 48.5 Å². The highest BCUT2D eigenvalue weighted by atomic mass is 35.5. The quantitative estimate of drug-likeness (QED) is 0.538. The number of likely N-dealkylation sites (N-methyl/N-ethyl adjacent to an activating group) is 1. The average Bonchev–Trinajstić information content (AvgIpc) is 3.09. The smallest absolute Gasteiger partial charge is 0.258 e. The van der Waals surface area contributed by atoms with E-state index in [0.29, 0.717) is 23.6 Å². The van der Waals surface area contributed by atoms with Crippen LogP contribution in [0.4, 0.5) is 5.69 Å². The number of carbonyl (C=O) groups is 3. The van der Waals surface area contributed by atoms with Gasteiger partial charge >= 0.3 is 0 Å². The van der Waals surface area contributed by atoms with Crippen molar-refractivity contribution in [2.45, 2.75) is 32.4 Å². The molecule has 1 aliphatic rings. The summed E-state index contributed by atoms with van der Waals surface area (Å²) in [6.45, 7) is 2.42. The van der Waals surface area contributed by atoms with Gasteiger partial charge in [-0.2, -0.15) is 0 Å². The number of anilines is 1. The summed E-state index contributed by atoms with van der Waals surface area (Å²) in [4.78, 5) is 41.7. The number of hydrogen-bond acceptors (Lipinski definition) is 3. The average molecular weight is 464 g/mol. The fraction of sp³-hybridized carbons (Fsp3) is 0.269. The molecule has 1 heterocycles. The van der Waals surface area contributed by atoms with Gasteiger partial charge in [-0.3, -0.25) is 14.4 Å². The van der Waals surface area contributed by atoms with Crippen LogP contribution in [0.1, 0.15) is 35.7 Å². The molecule has 0 fully saturated rings. The van der Waals surface area contributed by atoms with Crippen molar-refractivity contribution in [3.05, 3.63) is 76.8 Å². The van der Waals surface area contributed by atoms with Crippen LogP contribution in [0.25, 0.3) is 10.8 Å². The molecule has 4 rings (SSSR count). The third kappa shape index (κ3) is 4.57. The molecule has 0 unspecified atom stereocenters. The summed E-state index contributed by atoms with van der Waals surface area (Å²) < 4.78 is 0. The topological polar surface area (TPSA) is 69.7 Å². The maximum absolute atomic E-state index is 13.2. The van der Waals surface area contributed by atoms with E-state index in [1.165, 1.54) is 0 Å². The van der Waals surface area contributed by atoms with Crippen molar-refractivity contribution in [1.82, 2.24) is 10.2 Å². The predicted molar refractivity (Wildman–Crippen MR) is 130 cm³/mol.